The summed E-state index contributed by atoms with van der Waals surface area (Å²) in [4.78, 5) is 38.5. The van der Waals surface area contributed by atoms with E-state index in [1.807, 2.05) is 0 Å². The molecule has 1 amide bonds. The molecule has 0 fully saturated rings. The minimum Gasteiger partial charge on any atom is -0.507 e. The molecular formula is C19H20N2O5. The number of pyridine rings is 1. The monoisotopic (exact) mass is 356 g/mol. The molecule has 3 N–H and O–H groups in total. The Morgan fingerprint density at radius 2 is 2.08 bits per heavy atom. The fourth-order valence-corrected chi connectivity index (χ4v) is 2.32. The van der Waals surface area contributed by atoms with E-state index >= 15 is 0 Å². The zero-order valence-corrected chi connectivity index (χ0v) is 14.5. The number of H-pyrrole nitrogens is 1. The van der Waals surface area contributed by atoms with Crippen LogP contribution in [0.4, 0.5) is 0 Å². The van der Waals surface area contributed by atoms with Gasteiger partial charge < -0.3 is 20.1 Å². The molecule has 0 atom stereocenters. The van der Waals surface area contributed by atoms with Crippen molar-refractivity contribution < 1.29 is 19.4 Å². The van der Waals surface area contributed by atoms with Gasteiger partial charge in [0.25, 0.3) is 11.5 Å². The second-order valence-electron chi connectivity index (χ2n) is 5.61. The number of aryl methyl sites for hydroxylation is 1. The number of amides is 1. The molecule has 0 saturated heterocycles. The minimum absolute atomic E-state index is 0.253. The van der Waals surface area contributed by atoms with Crippen LogP contribution in [0.3, 0.4) is 0 Å². The maximum atomic E-state index is 12.2. The quantitative estimate of drug-likeness (QED) is 0.397. The Labute approximate surface area is 150 Å². The third-order valence-electron chi connectivity index (χ3n) is 3.56. The topological polar surface area (TPSA) is 108 Å². The Kier molecular flexibility index (Phi) is 6.46. The van der Waals surface area contributed by atoms with Gasteiger partial charge in [-0.1, -0.05) is 18.2 Å². The molecule has 0 spiro atoms. The highest BCUT2D eigenvalue weighted by Gasteiger charge is 2.14. The number of aromatic nitrogens is 1. The van der Waals surface area contributed by atoms with Crippen LogP contribution in [0.2, 0.25) is 0 Å². The SMILES string of the molecule is COCCNC(=O)c1cccc(C=CC(=O)c2c(O)cc(C)[nH]c2=O)c1. The predicted octanol–water partition coefficient (Wildman–Crippen LogP) is 1.66. The summed E-state index contributed by atoms with van der Waals surface area (Å²) in [6.07, 6.45) is 2.66. The van der Waals surface area contributed by atoms with Crippen molar-refractivity contribution in [3.05, 3.63) is 69.1 Å². The first-order valence-electron chi connectivity index (χ1n) is 7.95. The molecule has 0 aliphatic heterocycles. The molecule has 7 heteroatoms. The number of hydrogen-bond donors (Lipinski definition) is 3. The first kappa shape index (κ1) is 19.1. The summed E-state index contributed by atoms with van der Waals surface area (Å²) >= 11 is 0. The van der Waals surface area contributed by atoms with Gasteiger partial charge in [0, 0.05) is 24.9 Å². The van der Waals surface area contributed by atoms with Gasteiger partial charge in [-0.05, 0) is 36.8 Å². The number of rotatable bonds is 7. The Bertz CT molecular complexity index is 899. The number of ketones is 1. The van der Waals surface area contributed by atoms with Crippen molar-refractivity contribution in [1.82, 2.24) is 10.3 Å². The van der Waals surface area contributed by atoms with E-state index in [4.69, 9.17) is 4.74 Å². The first-order chi connectivity index (χ1) is 12.4. The van der Waals surface area contributed by atoms with Crippen LogP contribution in [0.15, 0.2) is 41.2 Å². The number of hydrogen-bond acceptors (Lipinski definition) is 5. The van der Waals surface area contributed by atoms with Crippen molar-refractivity contribution in [3.63, 3.8) is 0 Å². The molecule has 2 rings (SSSR count). The molecule has 1 aromatic heterocycles. The third kappa shape index (κ3) is 4.90. The van der Waals surface area contributed by atoms with Crippen LogP contribution in [-0.2, 0) is 4.74 Å². The van der Waals surface area contributed by atoms with Gasteiger partial charge in [-0.3, -0.25) is 14.4 Å². The summed E-state index contributed by atoms with van der Waals surface area (Å²) in [5.41, 5.74) is 0.538. The van der Waals surface area contributed by atoms with E-state index in [2.05, 4.69) is 10.3 Å². The average Bonchev–Trinajstić information content (AvgIpc) is 2.59. The summed E-state index contributed by atoms with van der Waals surface area (Å²) in [5, 5.41) is 12.5. The molecule has 1 aromatic carbocycles. The molecule has 1 heterocycles. The number of carbonyl (C=O) groups is 2. The van der Waals surface area contributed by atoms with E-state index in [0.717, 1.165) is 0 Å². The normalized spacial score (nSPS) is 10.8. The Hall–Kier alpha value is -3.19. The number of methoxy groups -OCH3 is 1. The number of allylic oxidation sites excluding steroid dienone is 1. The van der Waals surface area contributed by atoms with Crippen molar-refractivity contribution in [2.45, 2.75) is 6.92 Å². The highest BCUT2D eigenvalue weighted by molar-refractivity contribution is 6.08. The predicted molar refractivity (Wildman–Crippen MR) is 97.5 cm³/mol. The molecule has 0 bridgehead atoms. The standard InChI is InChI=1S/C19H20N2O5/c1-12-10-16(23)17(19(25)21-12)15(22)7-6-13-4-3-5-14(11-13)18(24)20-8-9-26-2/h3-7,10-11H,8-9H2,1-2H3,(H,20,24)(H2,21,23,25). The van der Waals surface area contributed by atoms with Crippen LogP contribution in [-0.4, -0.2) is 42.0 Å². The van der Waals surface area contributed by atoms with Crippen LogP contribution in [0.5, 0.6) is 5.75 Å². The van der Waals surface area contributed by atoms with Crippen molar-refractivity contribution in [2.75, 3.05) is 20.3 Å². The summed E-state index contributed by atoms with van der Waals surface area (Å²) in [7, 11) is 1.55. The number of ether oxygens (including phenoxy) is 1. The maximum Gasteiger partial charge on any atom is 0.263 e. The molecule has 0 saturated carbocycles. The van der Waals surface area contributed by atoms with Gasteiger partial charge in [0.05, 0.1) is 6.61 Å². The van der Waals surface area contributed by atoms with Gasteiger partial charge in [-0.2, -0.15) is 0 Å². The van der Waals surface area contributed by atoms with E-state index in [9.17, 15) is 19.5 Å². The largest absolute Gasteiger partial charge is 0.507 e. The number of aromatic amines is 1. The lowest BCUT2D eigenvalue weighted by Gasteiger charge is -2.05. The second-order valence-corrected chi connectivity index (χ2v) is 5.61. The van der Waals surface area contributed by atoms with E-state index in [0.29, 0.717) is 30.0 Å². The fraction of sp³-hybridized carbons (Fsp3) is 0.211. The van der Waals surface area contributed by atoms with E-state index < -0.39 is 11.3 Å². The summed E-state index contributed by atoms with van der Waals surface area (Å²) in [6.45, 7) is 2.41. The molecule has 0 unspecified atom stereocenters. The minimum atomic E-state index is -0.650. The van der Waals surface area contributed by atoms with Gasteiger partial charge in [0.2, 0.25) is 0 Å². The zero-order chi connectivity index (χ0) is 19.1. The second kappa shape index (κ2) is 8.77. The molecule has 0 radical (unpaired) electrons. The van der Waals surface area contributed by atoms with E-state index in [-0.39, 0.29) is 17.2 Å². The third-order valence-corrected chi connectivity index (χ3v) is 3.56. The molecule has 26 heavy (non-hydrogen) atoms. The zero-order valence-electron chi connectivity index (χ0n) is 14.5. The highest BCUT2D eigenvalue weighted by atomic mass is 16.5. The van der Waals surface area contributed by atoms with Gasteiger partial charge >= 0.3 is 0 Å². The van der Waals surface area contributed by atoms with Crippen LogP contribution in [0.1, 0.15) is 32.0 Å². The van der Waals surface area contributed by atoms with Crippen molar-refractivity contribution >= 4 is 17.8 Å². The lowest BCUT2D eigenvalue weighted by molar-refractivity contribution is 0.0936. The molecule has 136 valence electrons. The number of nitrogens with one attached hydrogen (secondary N) is 2. The highest BCUT2D eigenvalue weighted by Crippen LogP contribution is 2.15. The number of aromatic hydroxyl groups is 1. The van der Waals surface area contributed by atoms with Crippen LogP contribution >= 0.6 is 0 Å². The fourth-order valence-electron chi connectivity index (χ4n) is 2.32. The first-order valence-corrected chi connectivity index (χ1v) is 7.95. The van der Waals surface area contributed by atoms with Crippen molar-refractivity contribution in [1.29, 1.82) is 0 Å². The Morgan fingerprint density at radius 1 is 1.31 bits per heavy atom. The van der Waals surface area contributed by atoms with Crippen LogP contribution in [0.25, 0.3) is 6.08 Å². The van der Waals surface area contributed by atoms with Crippen LogP contribution in [0, 0.1) is 6.92 Å². The lowest BCUT2D eigenvalue weighted by atomic mass is 10.1. The molecule has 2 aromatic rings. The summed E-state index contributed by atoms with van der Waals surface area (Å²) < 4.78 is 4.87. The van der Waals surface area contributed by atoms with Crippen molar-refractivity contribution in [2.24, 2.45) is 0 Å². The van der Waals surface area contributed by atoms with E-state index in [1.165, 1.54) is 18.2 Å². The molecule has 0 aliphatic carbocycles. The lowest BCUT2D eigenvalue weighted by Crippen LogP contribution is -2.26. The number of benzene rings is 1. The maximum absolute atomic E-state index is 12.2. The van der Waals surface area contributed by atoms with Gasteiger partial charge in [0.1, 0.15) is 11.3 Å². The number of carbonyl (C=O) groups excluding carboxylic acids is 2. The summed E-state index contributed by atoms with van der Waals surface area (Å²) in [6, 6.07) is 7.98. The van der Waals surface area contributed by atoms with Gasteiger partial charge in [-0.25, -0.2) is 0 Å². The average molecular weight is 356 g/mol. The van der Waals surface area contributed by atoms with Gasteiger partial charge in [0.15, 0.2) is 5.78 Å². The van der Waals surface area contributed by atoms with E-state index in [1.54, 1.807) is 38.3 Å². The molecule has 0 aliphatic rings. The Morgan fingerprint density at radius 3 is 2.77 bits per heavy atom. The van der Waals surface area contributed by atoms with Crippen LogP contribution < -0.4 is 10.9 Å². The molecular weight excluding hydrogens is 336 g/mol. The Balaban J connectivity index is 2.16. The molecule has 7 nitrogen and oxygen atoms in total. The van der Waals surface area contributed by atoms with Gasteiger partial charge in [-0.15, -0.1) is 0 Å². The summed E-state index contributed by atoms with van der Waals surface area (Å²) in [5.74, 6) is -1.25. The van der Waals surface area contributed by atoms with Crippen molar-refractivity contribution in [3.8, 4) is 5.75 Å². The smallest absolute Gasteiger partial charge is 0.263 e.